The van der Waals surface area contributed by atoms with Crippen LogP contribution in [-0.4, -0.2) is 11.2 Å². The average Bonchev–Trinajstić information content (AvgIpc) is 2.48. The molecular formula is C17H18INOS. The SMILES string of the molecule is Cc1cc(I)ccc1NC(=O)[C@H](C)SCc1ccccc1. The Morgan fingerprint density at radius 1 is 1.24 bits per heavy atom. The maximum Gasteiger partial charge on any atom is 0.237 e. The summed E-state index contributed by atoms with van der Waals surface area (Å²) in [5, 5.41) is 2.93. The predicted molar refractivity (Wildman–Crippen MR) is 99.7 cm³/mol. The van der Waals surface area contributed by atoms with Crippen LogP contribution in [0.25, 0.3) is 0 Å². The molecule has 1 atom stereocenters. The highest BCUT2D eigenvalue weighted by Crippen LogP contribution is 2.21. The summed E-state index contributed by atoms with van der Waals surface area (Å²) in [6.45, 7) is 3.96. The van der Waals surface area contributed by atoms with Crippen LogP contribution in [0.3, 0.4) is 0 Å². The van der Waals surface area contributed by atoms with Crippen LogP contribution in [0.4, 0.5) is 5.69 Å². The monoisotopic (exact) mass is 411 g/mol. The van der Waals surface area contributed by atoms with Gasteiger partial charge in [0.2, 0.25) is 5.91 Å². The van der Waals surface area contributed by atoms with Crippen LogP contribution in [0.2, 0.25) is 0 Å². The number of rotatable bonds is 5. The van der Waals surface area contributed by atoms with Gasteiger partial charge in [0.25, 0.3) is 0 Å². The lowest BCUT2D eigenvalue weighted by atomic mass is 10.2. The second-order valence-electron chi connectivity index (χ2n) is 4.89. The molecule has 0 aliphatic rings. The number of carbonyl (C=O) groups is 1. The van der Waals surface area contributed by atoms with E-state index in [1.807, 2.05) is 44.2 Å². The maximum atomic E-state index is 12.2. The van der Waals surface area contributed by atoms with Crippen LogP contribution in [-0.2, 0) is 10.5 Å². The molecule has 4 heteroatoms. The summed E-state index contributed by atoms with van der Waals surface area (Å²) in [7, 11) is 0. The predicted octanol–water partition coefficient (Wildman–Crippen LogP) is 4.86. The van der Waals surface area contributed by atoms with Crippen LogP contribution in [0.5, 0.6) is 0 Å². The van der Waals surface area contributed by atoms with Crippen LogP contribution in [0.1, 0.15) is 18.1 Å². The number of nitrogens with one attached hydrogen (secondary N) is 1. The highest BCUT2D eigenvalue weighted by molar-refractivity contribution is 14.1. The van der Waals surface area contributed by atoms with Crippen molar-refractivity contribution in [2.75, 3.05) is 5.32 Å². The minimum Gasteiger partial charge on any atom is -0.325 e. The molecule has 0 saturated heterocycles. The molecule has 2 nitrogen and oxygen atoms in total. The maximum absolute atomic E-state index is 12.2. The quantitative estimate of drug-likeness (QED) is 0.712. The van der Waals surface area contributed by atoms with Crippen molar-refractivity contribution in [2.45, 2.75) is 24.9 Å². The van der Waals surface area contributed by atoms with Gasteiger partial charge in [-0.15, -0.1) is 11.8 Å². The van der Waals surface area contributed by atoms with Crippen LogP contribution < -0.4 is 5.32 Å². The zero-order valence-corrected chi connectivity index (χ0v) is 15.1. The zero-order valence-electron chi connectivity index (χ0n) is 12.1. The molecule has 0 bridgehead atoms. The number of carbonyl (C=O) groups excluding carboxylic acids is 1. The number of thioether (sulfide) groups is 1. The van der Waals surface area contributed by atoms with E-state index in [0.29, 0.717) is 0 Å². The molecule has 0 aromatic heterocycles. The first kappa shape index (κ1) is 16.4. The molecule has 0 spiro atoms. The number of aryl methyl sites for hydroxylation is 1. The Labute approximate surface area is 143 Å². The van der Waals surface area contributed by atoms with E-state index in [1.54, 1.807) is 11.8 Å². The summed E-state index contributed by atoms with van der Waals surface area (Å²) >= 11 is 3.92. The summed E-state index contributed by atoms with van der Waals surface area (Å²) in [6, 6.07) is 16.3. The first-order valence-electron chi connectivity index (χ1n) is 6.79. The first-order chi connectivity index (χ1) is 10.1. The van der Waals surface area contributed by atoms with Gasteiger partial charge in [0.1, 0.15) is 0 Å². The molecule has 1 N–H and O–H groups in total. The Hall–Kier alpha value is -1.01. The van der Waals surface area contributed by atoms with E-state index in [0.717, 1.165) is 17.0 Å². The van der Waals surface area contributed by atoms with Crippen molar-refractivity contribution in [3.63, 3.8) is 0 Å². The van der Waals surface area contributed by atoms with Crippen molar-refractivity contribution in [3.05, 3.63) is 63.2 Å². The molecule has 0 fully saturated rings. The minimum absolute atomic E-state index is 0.0558. The molecule has 0 saturated carbocycles. The van der Waals surface area contributed by atoms with Gasteiger partial charge in [-0.1, -0.05) is 30.3 Å². The van der Waals surface area contributed by atoms with Gasteiger partial charge in [-0.3, -0.25) is 4.79 Å². The molecular weight excluding hydrogens is 393 g/mol. The van der Waals surface area contributed by atoms with Crippen molar-refractivity contribution in [1.29, 1.82) is 0 Å². The third-order valence-corrected chi connectivity index (χ3v) is 5.04. The molecule has 0 heterocycles. The number of anilines is 1. The Morgan fingerprint density at radius 3 is 2.62 bits per heavy atom. The molecule has 0 aliphatic carbocycles. The number of hydrogen-bond acceptors (Lipinski definition) is 2. The van der Waals surface area contributed by atoms with E-state index in [4.69, 9.17) is 0 Å². The Balaban J connectivity index is 1.90. The molecule has 1 amide bonds. The fourth-order valence-electron chi connectivity index (χ4n) is 1.87. The second kappa shape index (κ2) is 7.84. The number of hydrogen-bond donors (Lipinski definition) is 1. The molecule has 21 heavy (non-hydrogen) atoms. The van der Waals surface area contributed by atoms with Crippen LogP contribution in [0, 0.1) is 10.5 Å². The van der Waals surface area contributed by atoms with Crippen molar-refractivity contribution < 1.29 is 4.79 Å². The van der Waals surface area contributed by atoms with Gasteiger partial charge in [0, 0.05) is 15.0 Å². The van der Waals surface area contributed by atoms with Gasteiger partial charge in [-0.2, -0.15) is 0 Å². The van der Waals surface area contributed by atoms with E-state index in [2.05, 4.69) is 46.1 Å². The van der Waals surface area contributed by atoms with Gasteiger partial charge in [-0.05, 0) is 65.8 Å². The fourth-order valence-corrected chi connectivity index (χ4v) is 3.36. The summed E-state index contributed by atoms with van der Waals surface area (Å²) in [6.07, 6.45) is 0. The van der Waals surface area contributed by atoms with Crippen molar-refractivity contribution in [3.8, 4) is 0 Å². The minimum atomic E-state index is -0.0797. The third-order valence-electron chi connectivity index (χ3n) is 3.16. The Kier molecular flexibility index (Phi) is 6.11. The molecule has 2 aromatic carbocycles. The second-order valence-corrected chi connectivity index (χ2v) is 7.46. The lowest BCUT2D eigenvalue weighted by Gasteiger charge is -2.13. The van der Waals surface area contributed by atoms with E-state index >= 15 is 0 Å². The average molecular weight is 411 g/mol. The van der Waals surface area contributed by atoms with E-state index in [9.17, 15) is 4.79 Å². The Bertz CT molecular complexity index is 615. The van der Waals surface area contributed by atoms with Crippen LogP contribution >= 0.6 is 34.4 Å². The lowest BCUT2D eigenvalue weighted by Crippen LogP contribution is -2.23. The summed E-state index contributed by atoms with van der Waals surface area (Å²) in [4.78, 5) is 12.2. The molecule has 0 unspecified atom stereocenters. The lowest BCUT2D eigenvalue weighted by molar-refractivity contribution is -0.115. The van der Waals surface area contributed by atoms with Gasteiger partial charge in [0.05, 0.1) is 5.25 Å². The highest BCUT2D eigenvalue weighted by atomic mass is 127. The van der Waals surface area contributed by atoms with Gasteiger partial charge >= 0.3 is 0 Å². The largest absolute Gasteiger partial charge is 0.325 e. The fraction of sp³-hybridized carbons (Fsp3) is 0.235. The standard InChI is InChI=1S/C17H18INOS/c1-12-10-15(18)8-9-16(12)19-17(20)13(2)21-11-14-6-4-3-5-7-14/h3-10,13H,11H2,1-2H3,(H,19,20)/t13-/m0/s1. The summed E-state index contributed by atoms with van der Waals surface area (Å²) in [5.41, 5.74) is 3.23. The summed E-state index contributed by atoms with van der Waals surface area (Å²) in [5.74, 6) is 0.904. The van der Waals surface area contributed by atoms with Gasteiger partial charge in [0.15, 0.2) is 0 Å². The topological polar surface area (TPSA) is 29.1 Å². The van der Waals surface area contributed by atoms with E-state index < -0.39 is 0 Å². The molecule has 0 aliphatic heterocycles. The van der Waals surface area contributed by atoms with Crippen molar-refractivity contribution in [1.82, 2.24) is 0 Å². The van der Waals surface area contributed by atoms with Gasteiger partial charge < -0.3 is 5.32 Å². The Morgan fingerprint density at radius 2 is 1.95 bits per heavy atom. The van der Waals surface area contributed by atoms with E-state index in [1.165, 1.54) is 9.13 Å². The molecule has 2 rings (SSSR count). The molecule has 2 aromatic rings. The van der Waals surface area contributed by atoms with Gasteiger partial charge in [-0.25, -0.2) is 0 Å². The van der Waals surface area contributed by atoms with Crippen molar-refractivity contribution >= 4 is 45.9 Å². The van der Waals surface area contributed by atoms with E-state index in [-0.39, 0.29) is 11.2 Å². The number of benzene rings is 2. The van der Waals surface area contributed by atoms with Crippen LogP contribution in [0.15, 0.2) is 48.5 Å². The highest BCUT2D eigenvalue weighted by Gasteiger charge is 2.14. The third kappa shape index (κ3) is 5.04. The smallest absolute Gasteiger partial charge is 0.237 e. The normalized spacial score (nSPS) is 12.0. The molecule has 0 radical (unpaired) electrons. The number of halogens is 1. The summed E-state index contributed by atoms with van der Waals surface area (Å²) < 4.78 is 1.18. The first-order valence-corrected chi connectivity index (χ1v) is 8.91. The number of amides is 1. The van der Waals surface area contributed by atoms with Crippen molar-refractivity contribution in [2.24, 2.45) is 0 Å². The zero-order chi connectivity index (χ0) is 15.2. The molecule has 110 valence electrons.